The first-order valence-electron chi connectivity index (χ1n) is 9.08. The molecule has 0 heterocycles. The van der Waals surface area contributed by atoms with Crippen LogP contribution < -0.4 is 5.32 Å². The van der Waals surface area contributed by atoms with Gasteiger partial charge in [0.1, 0.15) is 0 Å². The first kappa shape index (κ1) is 17.9. The Bertz CT molecular complexity index is 825. The summed E-state index contributed by atoms with van der Waals surface area (Å²) >= 11 is 0. The third kappa shape index (κ3) is 5.59. The number of benzene rings is 2. The lowest BCUT2D eigenvalue weighted by Crippen LogP contribution is -2.16. The number of rotatable bonds is 5. The monoisotopic (exact) mass is 342 g/mol. The summed E-state index contributed by atoms with van der Waals surface area (Å²) in [5.41, 5.74) is 5.00. The number of hydrogen-bond acceptors (Lipinski definition) is 2. The van der Waals surface area contributed by atoms with Crippen molar-refractivity contribution in [2.75, 3.05) is 5.32 Å². The van der Waals surface area contributed by atoms with Gasteiger partial charge in [0.15, 0.2) is 0 Å². The average molecular weight is 342 g/mol. The van der Waals surface area contributed by atoms with Crippen LogP contribution >= 0.6 is 0 Å². The van der Waals surface area contributed by atoms with Crippen molar-refractivity contribution in [3.63, 3.8) is 0 Å². The van der Waals surface area contributed by atoms with E-state index in [4.69, 9.17) is 0 Å². The zero-order chi connectivity index (χ0) is 18.2. The first-order chi connectivity index (χ1) is 12.6. The van der Waals surface area contributed by atoms with Crippen LogP contribution in [0.2, 0.25) is 0 Å². The zero-order valence-corrected chi connectivity index (χ0v) is 15.5. The van der Waals surface area contributed by atoms with Gasteiger partial charge in [0.2, 0.25) is 0 Å². The van der Waals surface area contributed by atoms with Crippen LogP contribution in [0.3, 0.4) is 0 Å². The topological polar surface area (TPSA) is 24.4 Å². The highest BCUT2D eigenvalue weighted by Crippen LogP contribution is 2.38. The van der Waals surface area contributed by atoms with Gasteiger partial charge in [-0.15, -0.1) is 0 Å². The van der Waals surface area contributed by atoms with E-state index < -0.39 is 0 Å². The maximum atomic E-state index is 4.51. The van der Waals surface area contributed by atoms with Gasteiger partial charge in [-0.25, -0.2) is 0 Å². The maximum absolute atomic E-state index is 4.51. The van der Waals surface area contributed by atoms with Crippen LogP contribution in [0.25, 0.3) is 0 Å². The molecule has 0 fully saturated rings. The number of anilines is 1. The quantitative estimate of drug-likeness (QED) is 0.602. The van der Waals surface area contributed by atoms with Gasteiger partial charge >= 0.3 is 0 Å². The molecule has 0 amide bonds. The SMILES string of the molecule is CC1(C)CC(C=CNc2ccccc2)=C/C(=C/C=Nc2ccccc2)C1. The van der Waals surface area contributed by atoms with Crippen LogP contribution in [0.5, 0.6) is 0 Å². The van der Waals surface area contributed by atoms with E-state index in [1.54, 1.807) is 0 Å². The van der Waals surface area contributed by atoms with E-state index in [9.17, 15) is 0 Å². The molecule has 132 valence electrons. The molecule has 0 bridgehead atoms. The van der Waals surface area contributed by atoms with Crippen LogP contribution in [-0.4, -0.2) is 6.21 Å². The van der Waals surface area contributed by atoms with Crippen LogP contribution in [0.1, 0.15) is 26.7 Å². The molecule has 0 unspecified atom stereocenters. The molecule has 1 N–H and O–H groups in total. The zero-order valence-electron chi connectivity index (χ0n) is 15.5. The summed E-state index contributed by atoms with van der Waals surface area (Å²) in [5.74, 6) is 0. The Morgan fingerprint density at radius 2 is 1.62 bits per heavy atom. The van der Waals surface area contributed by atoms with E-state index in [1.807, 2.05) is 60.9 Å². The third-order valence-corrected chi connectivity index (χ3v) is 4.33. The first-order valence-corrected chi connectivity index (χ1v) is 9.08. The van der Waals surface area contributed by atoms with Gasteiger partial charge in [-0.05, 0) is 65.8 Å². The van der Waals surface area contributed by atoms with E-state index in [-0.39, 0.29) is 5.41 Å². The van der Waals surface area contributed by atoms with Crippen LogP contribution in [-0.2, 0) is 0 Å². The average Bonchev–Trinajstić information content (AvgIpc) is 2.62. The van der Waals surface area contributed by atoms with Crippen LogP contribution in [0.4, 0.5) is 11.4 Å². The van der Waals surface area contributed by atoms with Gasteiger partial charge in [0, 0.05) is 18.1 Å². The number of allylic oxidation sites excluding steroid dienone is 5. The summed E-state index contributed by atoms with van der Waals surface area (Å²) in [7, 11) is 0. The Kier molecular flexibility index (Phi) is 5.85. The van der Waals surface area contributed by atoms with Crippen LogP contribution in [0.15, 0.2) is 101 Å². The molecule has 0 atom stereocenters. The number of aliphatic imine (C=N–C) groups is 1. The Balaban J connectivity index is 1.70. The molecule has 0 saturated heterocycles. The summed E-state index contributed by atoms with van der Waals surface area (Å²) in [6, 6.07) is 20.3. The van der Waals surface area contributed by atoms with Crippen molar-refractivity contribution in [1.82, 2.24) is 0 Å². The fraction of sp³-hybridized carbons (Fsp3) is 0.208. The Hall–Kier alpha value is -2.87. The molecule has 0 radical (unpaired) electrons. The van der Waals surface area contributed by atoms with E-state index in [2.05, 4.69) is 54.5 Å². The fourth-order valence-corrected chi connectivity index (χ4v) is 3.23. The lowest BCUT2D eigenvalue weighted by atomic mass is 9.75. The summed E-state index contributed by atoms with van der Waals surface area (Å²) in [6.07, 6.45) is 12.7. The molecule has 2 nitrogen and oxygen atoms in total. The van der Waals surface area contributed by atoms with E-state index in [0.717, 1.165) is 24.2 Å². The van der Waals surface area contributed by atoms with Crippen LogP contribution in [0, 0.1) is 5.41 Å². The molecule has 26 heavy (non-hydrogen) atoms. The summed E-state index contributed by atoms with van der Waals surface area (Å²) < 4.78 is 0. The predicted molar refractivity (Wildman–Crippen MR) is 113 cm³/mol. The molecule has 1 aliphatic carbocycles. The molecule has 1 aliphatic rings. The van der Waals surface area contributed by atoms with E-state index in [0.29, 0.717) is 0 Å². The lowest BCUT2D eigenvalue weighted by molar-refractivity contribution is 0.355. The molecule has 0 saturated carbocycles. The minimum Gasteiger partial charge on any atom is -0.362 e. The second-order valence-corrected chi connectivity index (χ2v) is 7.44. The molecule has 0 aromatic heterocycles. The molecule has 3 rings (SSSR count). The van der Waals surface area contributed by atoms with Crippen molar-refractivity contribution >= 4 is 17.6 Å². The highest BCUT2D eigenvalue weighted by Gasteiger charge is 2.24. The fourth-order valence-electron chi connectivity index (χ4n) is 3.23. The highest BCUT2D eigenvalue weighted by molar-refractivity contribution is 5.76. The molecular formula is C24H26N2. The minimum absolute atomic E-state index is 0.258. The van der Waals surface area contributed by atoms with Gasteiger partial charge in [0.25, 0.3) is 0 Å². The third-order valence-electron chi connectivity index (χ3n) is 4.33. The largest absolute Gasteiger partial charge is 0.362 e. The second kappa shape index (κ2) is 8.48. The molecule has 0 spiro atoms. The molecular weight excluding hydrogens is 316 g/mol. The Morgan fingerprint density at radius 1 is 0.923 bits per heavy atom. The molecule has 2 aromatic carbocycles. The Morgan fingerprint density at radius 3 is 2.35 bits per heavy atom. The smallest absolute Gasteiger partial charge is 0.0629 e. The maximum Gasteiger partial charge on any atom is 0.0629 e. The second-order valence-electron chi connectivity index (χ2n) is 7.44. The van der Waals surface area contributed by atoms with E-state index in [1.165, 1.54) is 11.1 Å². The summed E-state index contributed by atoms with van der Waals surface area (Å²) in [4.78, 5) is 4.51. The van der Waals surface area contributed by atoms with Crippen molar-refractivity contribution in [2.24, 2.45) is 10.4 Å². The van der Waals surface area contributed by atoms with Gasteiger partial charge in [-0.2, -0.15) is 0 Å². The minimum atomic E-state index is 0.258. The predicted octanol–water partition coefficient (Wildman–Crippen LogP) is 6.69. The number of nitrogens with one attached hydrogen (secondary N) is 1. The van der Waals surface area contributed by atoms with Crippen molar-refractivity contribution in [2.45, 2.75) is 26.7 Å². The summed E-state index contributed by atoms with van der Waals surface area (Å²) in [5, 5.41) is 3.33. The number of nitrogens with zero attached hydrogens (tertiary/aromatic N) is 1. The standard InChI is InChI=1S/C24H26N2/c1-24(2)18-20(13-15-25-22-9-5-3-6-10-22)17-21(19-24)14-16-26-23-11-7-4-8-12-23/h3-17,25H,18-19H2,1-2H3/b15-13?,21-14-,26-16?. The molecule has 2 aromatic rings. The van der Waals surface area contributed by atoms with Gasteiger partial charge in [-0.1, -0.05) is 56.3 Å². The van der Waals surface area contributed by atoms with Crippen molar-refractivity contribution in [3.8, 4) is 0 Å². The summed E-state index contributed by atoms with van der Waals surface area (Å²) in [6.45, 7) is 4.64. The van der Waals surface area contributed by atoms with Gasteiger partial charge < -0.3 is 5.32 Å². The van der Waals surface area contributed by atoms with Crippen molar-refractivity contribution < 1.29 is 0 Å². The molecule has 0 aliphatic heterocycles. The highest BCUT2D eigenvalue weighted by atomic mass is 14.8. The Labute approximate surface area is 156 Å². The van der Waals surface area contributed by atoms with Gasteiger partial charge in [-0.3, -0.25) is 4.99 Å². The van der Waals surface area contributed by atoms with E-state index >= 15 is 0 Å². The normalized spacial score (nSPS) is 18.4. The van der Waals surface area contributed by atoms with Crippen molar-refractivity contribution in [3.05, 3.63) is 96.2 Å². The number of hydrogen-bond donors (Lipinski definition) is 1. The van der Waals surface area contributed by atoms with Gasteiger partial charge in [0.05, 0.1) is 5.69 Å². The molecule has 2 heteroatoms. The van der Waals surface area contributed by atoms with Crippen molar-refractivity contribution in [1.29, 1.82) is 0 Å². The lowest BCUT2D eigenvalue weighted by Gasteiger charge is -2.30. The number of para-hydroxylation sites is 2.